The third-order valence-electron chi connectivity index (χ3n) is 2.80. The van der Waals surface area contributed by atoms with Gasteiger partial charge in [-0.2, -0.15) is 4.74 Å². The molecule has 0 bridgehead atoms. The van der Waals surface area contributed by atoms with Gasteiger partial charge in [0.2, 0.25) is 5.69 Å². The first-order valence-corrected chi connectivity index (χ1v) is 5.61. The zero-order valence-corrected chi connectivity index (χ0v) is 10.1. The lowest BCUT2D eigenvalue weighted by molar-refractivity contribution is -0.355. The van der Waals surface area contributed by atoms with Gasteiger partial charge < -0.3 is 5.21 Å². The normalized spacial score (nSPS) is 11.5. The third-order valence-corrected chi connectivity index (χ3v) is 2.80. The highest BCUT2D eigenvalue weighted by atomic mass is 16.5. The van der Waals surface area contributed by atoms with E-state index in [0.717, 1.165) is 21.4 Å². The maximum Gasteiger partial charge on any atom is 0.219 e. The SMILES string of the molecule is Cc1ccccc1C=[N+]([O-])c1ccccc1C. The van der Waals surface area contributed by atoms with Gasteiger partial charge in [0.1, 0.15) is 0 Å². The maximum atomic E-state index is 12.0. The second kappa shape index (κ2) is 4.83. The zero-order valence-electron chi connectivity index (χ0n) is 10.1. The van der Waals surface area contributed by atoms with Crippen molar-refractivity contribution in [2.24, 2.45) is 0 Å². The van der Waals surface area contributed by atoms with E-state index in [-0.39, 0.29) is 0 Å². The van der Waals surface area contributed by atoms with Crippen molar-refractivity contribution in [1.82, 2.24) is 0 Å². The Morgan fingerprint density at radius 2 is 1.47 bits per heavy atom. The van der Waals surface area contributed by atoms with Crippen LogP contribution >= 0.6 is 0 Å². The molecule has 0 heterocycles. The molecule has 0 unspecified atom stereocenters. The maximum absolute atomic E-state index is 12.0. The van der Waals surface area contributed by atoms with E-state index >= 15 is 0 Å². The van der Waals surface area contributed by atoms with Crippen molar-refractivity contribution in [1.29, 1.82) is 0 Å². The van der Waals surface area contributed by atoms with E-state index in [4.69, 9.17) is 0 Å². The minimum atomic E-state index is 0.691. The van der Waals surface area contributed by atoms with Crippen LogP contribution in [0.25, 0.3) is 0 Å². The molecule has 0 atom stereocenters. The Hall–Kier alpha value is -2.09. The molecule has 0 aromatic heterocycles. The van der Waals surface area contributed by atoms with Crippen LogP contribution in [0.1, 0.15) is 16.7 Å². The predicted octanol–water partition coefficient (Wildman–Crippen LogP) is 3.56. The van der Waals surface area contributed by atoms with Crippen molar-refractivity contribution >= 4 is 11.9 Å². The van der Waals surface area contributed by atoms with Gasteiger partial charge in [0.05, 0.1) is 0 Å². The summed E-state index contributed by atoms with van der Waals surface area (Å²) in [6.07, 6.45) is 1.62. The second-order valence-corrected chi connectivity index (χ2v) is 4.10. The average molecular weight is 225 g/mol. The minimum absolute atomic E-state index is 0.691. The molecule has 0 saturated heterocycles. The highest BCUT2D eigenvalue weighted by Crippen LogP contribution is 2.16. The lowest BCUT2D eigenvalue weighted by atomic mass is 10.1. The number of para-hydroxylation sites is 1. The van der Waals surface area contributed by atoms with Crippen LogP contribution < -0.4 is 0 Å². The van der Waals surface area contributed by atoms with E-state index in [1.165, 1.54) is 0 Å². The Labute approximate surface area is 101 Å². The zero-order chi connectivity index (χ0) is 12.3. The monoisotopic (exact) mass is 225 g/mol. The van der Waals surface area contributed by atoms with Crippen LogP contribution in [0.2, 0.25) is 0 Å². The topological polar surface area (TPSA) is 26.1 Å². The fraction of sp³-hybridized carbons (Fsp3) is 0.133. The molecular formula is C15H15NO. The van der Waals surface area contributed by atoms with Gasteiger partial charge in [-0.1, -0.05) is 36.4 Å². The largest absolute Gasteiger partial charge is 0.618 e. The average Bonchev–Trinajstić information content (AvgIpc) is 2.32. The summed E-state index contributed by atoms with van der Waals surface area (Å²) in [5.41, 5.74) is 3.72. The first kappa shape index (κ1) is 11.4. The number of hydrogen-bond acceptors (Lipinski definition) is 1. The van der Waals surface area contributed by atoms with Gasteiger partial charge in [-0.25, -0.2) is 0 Å². The van der Waals surface area contributed by atoms with Crippen LogP contribution in [0.4, 0.5) is 5.69 Å². The quantitative estimate of drug-likeness (QED) is 0.332. The first-order chi connectivity index (χ1) is 8.18. The molecule has 0 spiro atoms. The molecule has 2 nitrogen and oxygen atoms in total. The predicted molar refractivity (Wildman–Crippen MR) is 70.8 cm³/mol. The van der Waals surface area contributed by atoms with Crippen molar-refractivity contribution in [3.63, 3.8) is 0 Å². The number of hydrogen-bond donors (Lipinski definition) is 0. The summed E-state index contributed by atoms with van der Waals surface area (Å²) in [4.78, 5) is 0. The molecule has 0 aliphatic heterocycles. The Bertz CT molecular complexity index is 558. The third kappa shape index (κ3) is 2.53. The summed E-state index contributed by atoms with van der Waals surface area (Å²) in [7, 11) is 0. The number of nitrogens with zero attached hydrogens (tertiary/aromatic N) is 1. The van der Waals surface area contributed by atoms with Gasteiger partial charge in [0, 0.05) is 17.2 Å². The molecule has 0 N–H and O–H groups in total. The van der Waals surface area contributed by atoms with Crippen molar-refractivity contribution in [3.05, 3.63) is 70.4 Å². The Kier molecular flexibility index (Phi) is 3.24. The molecule has 0 aliphatic carbocycles. The standard InChI is InChI=1S/C15H15NO/c1-12-7-3-5-9-14(12)11-16(17)15-10-6-4-8-13(15)2/h3-11H,1-2H3. The van der Waals surface area contributed by atoms with E-state index in [9.17, 15) is 5.21 Å². The highest BCUT2D eigenvalue weighted by Gasteiger charge is 2.05. The number of aryl methyl sites for hydroxylation is 2. The molecule has 0 aliphatic rings. The molecule has 2 rings (SSSR count). The molecule has 17 heavy (non-hydrogen) atoms. The summed E-state index contributed by atoms with van der Waals surface area (Å²) >= 11 is 0. The van der Waals surface area contributed by atoms with Gasteiger partial charge in [-0.3, -0.25) is 0 Å². The molecule has 2 aromatic rings. The molecule has 86 valence electrons. The van der Waals surface area contributed by atoms with Crippen molar-refractivity contribution in [2.45, 2.75) is 13.8 Å². The molecule has 0 saturated carbocycles. The lowest BCUT2D eigenvalue weighted by Gasteiger charge is -2.06. The van der Waals surface area contributed by atoms with Crippen LogP contribution in [0.15, 0.2) is 48.5 Å². The van der Waals surface area contributed by atoms with E-state index in [0.29, 0.717) is 5.69 Å². The Morgan fingerprint density at radius 3 is 2.12 bits per heavy atom. The molecule has 0 amide bonds. The summed E-state index contributed by atoms with van der Waals surface area (Å²) in [5, 5.41) is 12.0. The first-order valence-electron chi connectivity index (χ1n) is 5.61. The second-order valence-electron chi connectivity index (χ2n) is 4.10. The van der Waals surface area contributed by atoms with Gasteiger partial charge in [0.15, 0.2) is 6.21 Å². The van der Waals surface area contributed by atoms with Gasteiger partial charge in [-0.15, -0.1) is 0 Å². The molecule has 0 radical (unpaired) electrons. The summed E-state index contributed by atoms with van der Waals surface area (Å²) in [5.74, 6) is 0. The van der Waals surface area contributed by atoms with E-state index in [2.05, 4.69) is 0 Å². The highest BCUT2D eigenvalue weighted by molar-refractivity contribution is 5.78. The minimum Gasteiger partial charge on any atom is -0.618 e. The van der Waals surface area contributed by atoms with Gasteiger partial charge >= 0.3 is 0 Å². The molecule has 2 aromatic carbocycles. The van der Waals surface area contributed by atoms with Crippen molar-refractivity contribution in [2.75, 3.05) is 0 Å². The number of rotatable bonds is 2. The van der Waals surface area contributed by atoms with Crippen LogP contribution in [0, 0.1) is 19.1 Å². The Balaban J connectivity index is 2.42. The smallest absolute Gasteiger partial charge is 0.219 e. The van der Waals surface area contributed by atoms with E-state index < -0.39 is 0 Å². The molecular weight excluding hydrogens is 210 g/mol. The molecule has 2 heteroatoms. The van der Waals surface area contributed by atoms with Crippen molar-refractivity contribution in [3.8, 4) is 0 Å². The van der Waals surface area contributed by atoms with Crippen LogP contribution in [-0.2, 0) is 0 Å². The van der Waals surface area contributed by atoms with E-state index in [1.54, 1.807) is 6.21 Å². The summed E-state index contributed by atoms with van der Waals surface area (Å²) in [6.45, 7) is 3.93. The summed E-state index contributed by atoms with van der Waals surface area (Å²) < 4.78 is 0.928. The van der Waals surface area contributed by atoms with Crippen molar-refractivity contribution < 1.29 is 4.74 Å². The van der Waals surface area contributed by atoms with E-state index in [1.807, 2.05) is 62.4 Å². The lowest BCUT2D eigenvalue weighted by Crippen LogP contribution is -2.01. The van der Waals surface area contributed by atoms with Gasteiger partial charge in [0.25, 0.3) is 0 Å². The Morgan fingerprint density at radius 1 is 0.882 bits per heavy atom. The van der Waals surface area contributed by atoms with Gasteiger partial charge in [-0.05, 0) is 25.5 Å². The summed E-state index contributed by atoms with van der Waals surface area (Å²) in [6, 6.07) is 15.4. The number of benzene rings is 2. The fourth-order valence-electron chi connectivity index (χ4n) is 1.74. The fourth-order valence-corrected chi connectivity index (χ4v) is 1.74. The van der Waals surface area contributed by atoms with Crippen LogP contribution in [0.3, 0.4) is 0 Å². The van der Waals surface area contributed by atoms with Crippen LogP contribution in [0.5, 0.6) is 0 Å². The van der Waals surface area contributed by atoms with Crippen LogP contribution in [-0.4, -0.2) is 11.0 Å². The molecule has 0 fully saturated rings.